The maximum Gasteiger partial charge on any atom is 0.327 e. The number of carbonyl (C=O) groups excluding carboxylic acids is 1. The van der Waals surface area contributed by atoms with Gasteiger partial charge in [0, 0.05) is 5.75 Å². The lowest BCUT2D eigenvalue weighted by atomic mass is 10.2. The molecule has 2 atom stereocenters. The Kier molecular flexibility index (Phi) is 5.00. The van der Waals surface area contributed by atoms with Crippen molar-refractivity contribution in [2.75, 3.05) is 11.1 Å². The zero-order valence-corrected chi connectivity index (χ0v) is 13.4. The van der Waals surface area contributed by atoms with Crippen LogP contribution in [0.5, 0.6) is 0 Å². The standard InChI is InChI=1S/C14H17ClN2O3S/c1-3-12-17(11(7-21-12)13(18)19)14(20)16-10-6-8(2)4-5-9(10)15/h4-6,11-12H,3,7H2,1-2H3,(H,16,20)(H,18,19). The molecule has 2 unspecified atom stereocenters. The Labute approximate surface area is 132 Å². The van der Waals surface area contributed by atoms with Gasteiger partial charge in [0.15, 0.2) is 0 Å². The smallest absolute Gasteiger partial charge is 0.327 e. The maximum absolute atomic E-state index is 12.4. The molecular weight excluding hydrogens is 312 g/mol. The summed E-state index contributed by atoms with van der Waals surface area (Å²) in [6, 6.07) is 4.09. The van der Waals surface area contributed by atoms with E-state index in [2.05, 4.69) is 5.32 Å². The highest BCUT2D eigenvalue weighted by Crippen LogP contribution is 2.32. The van der Waals surface area contributed by atoms with Gasteiger partial charge in [0.2, 0.25) is 0 Å². The lowest BCUT2D eigenvalue weighted by Crippen LogP contribution is -2.47. The van der Waals surface area contributed by atoms with Crippen LogP contribution in [0.4, 0.5) is 10.5 Å². The van der Waals surface area contributed by atoms with Crippen molar-refractivity contribution in [3.63, 3.8) is 0 Å². The van der Waals surface area contributed by atoms with Gasteiger partial charge in [-0.2, -0.15) is 0 Å². The van der Waals surface area contributed by atoms with E-state index >= 15 is 0 Å². The Morgan fingerprint density at radius 2 is 2.24 bits per heavy atom. The predicted molar refractivity (Wildman–Crippen MR) is 85.0 cm³/mol. The van der Waals surface area contributed by atoms with Crippen LogP contribution in [0.2, 0.25) is 5.02 Å². The summed E-state index contributed by atoms with van der Waals surface area (Å²) in [5, 5.41) is 12.3. The van der Waals surface area contributed by atoms with Crippen LogP contribution < -0.4 is 5.32 Å². The third kappa shape index (κ3) is 3.44. The number of benzene rings is 1. The minimum absolute atomic E-state index is 0.130. The average Bonchev–Trinajstić information content (AvgIpc) is 2.87. The Balaban J connectivity index is 2.21. The van der Waals surface area contributed by atoms with Crippen LogP contribution in [0.15, 0.2) is 18.2 Å². The minimum atomic E-state index is -0.982. The van der Waals surface area contributed by atoms with E-state index in [1.54, 1.807) is 12.1 Å². The molecule has 2 amide bonds. The van der Waals surface area contributed by atoms with Crippen molar-refractivity contribution in [2.24, 2.45) is 0 Å². The number of nitrogens with one attached hydrogen (secondary N) is 1. The van der Waals surface area contributed by atoms with Crippen molar-refractivity contribution in [3.8, 4) is 0 Å². The van der Waals surface area contributed by atoms with E-state index < -0.39 is 18.0 Å². The molecule has 0 aromatic heterocycles. The number of urea groups is 1. The average molecular weight is 329 g/mol. The molecule has 0 radical (unpaired) electrons. The van der Waals surface area contributed by atoms with Crippen LogP contribution in [0.3, 0.4) is 0 Å². The summed E-state index contributed by atoms with van der Waals surface area (Å²) in [6.45, 7) is 3.83. The first kappa shape index (κ1) is 16.0. The molecular formula is C14H17ClN2O3S. The number of carboxylic acid groups (broad SMARTS) is 1. The minimum Gasteiger partial charge on any atom is -0.480 e. The molecule has 7 heteroatoms. The highest BCUT2D eigenvalue weighted by molar-refractivity contribution is 8.00. The van der Waals surface area contributed by atoms with Gasteiger partial charge in [-0.05, 0) is 31.0 Å². The predicted octanol–water partition coefficient (Wildman–Crippen LogP) is 3.42. The van der Waals surface area contributed by atoms with Crippen molar-refractivity contribution < 1.29 is 14.7 Å². The van der Waals surface area contributed by atoms with Gasteiger partial charge in [-0.15, -0.1) is 11.8 Å². The monoisotopic (exact) mass is 328 g/mol. The van der Waals surface area contributed by atoms with Crippen LogP contribution in [0.1, 0.15) is 18.9 Å². The number of carboxylic acids is 1. The topological polar surface area (TPSA) is 69.6 Å². The molecule has 1 fully saturated rings. The molecule has 1 aliphatic heterocycles. The van der Waals surface area contributed by atoms with Gasteiger partial charge in [0.25, 0.3) is 0 Å². The third-order valence-electron chi connectivity index (χ3n) is 3.32. The Hall–Kier alpha value is -1.40. The first-order chi connectivity index (χ1) is 9.93. The van der Waals surface area contributed by atoms with E-state index in [0.29, 0.717) is 22.9 Å². The number of thioether (sulfide) groups is 1. The van der Waals surface area contributed by atoms with Gasteiger partial charge in [-0.1, -0.05) is 24.6 Å². The normalized spacial score (nSPS) is 21.4. The van der Waals surface area contributed by atoms with E-state index in [-0.39, 0.29) is 5.37 Å². The van der Waals surface area contributed by atoms with Gasteiger partial charge in [0.05, 0.1) is 16.1 Å². The highest BCUT2D eigenvalue weighted by Gasteiger charge is 2.40. The molecule has 0 spiro atoms. The van der Waals surface area contributed by atoms with Gasteiger partial charge < -0.3 is 10.4 Å². The zero-order valence-electron chi connectivity index (χ0n) is 11.8. The second-order valence-corrected chi connectivity index (χ2v) is 6.49. The largest absolute Gasteiger partial charge is 0.480 e. The van der Waals surface area contributed by atoms with Crippen LogP contribution in [0, 0.1) is 6.92 Å². The zero-order chi connectivity index (χ0) is 15.6. The van der Waals surface area contributed by atoms with Crippen molar-refractivity contribution in [2.45, 2.75) is 31.7 Å². The van der Waals surface area contributed by atoms with E-state index in [9.17, 15) is 14.7 Å². The molecule has 21 heavy (non-hydrogen) atoms. The molecule has 1 heterocycles. The fraction of sp³-hybridized carbons (Fsp3) is 0.429. The molecule has 2 N–H and O–H groups in total. The van der Waals surface area contributed by atoms with Gasteiger partial charge in [-0.25, -0.2) is 9.59 Å². The van der Waals surface area contributed by atoms with Crippen molar-refractivity contribution in [1.82, 2.24) is 4.90 Å². The van der Waals surface area contributed by atoms with Crippen molar-refractivity contribution in [3.05, 3.63) is 28.8 Å². The summed E-state index contributed by atoms with van der Waals surface area (Å²) in [7, 11) is 0. The van der Waals surface area contributed by atoms with E-state index in [1.165, 1.54) is 16.7 Å². The Morgan fingerprint density at radius 3 is 2.86 bits per heavy atom. The van der Waals surface area contributed by atoms with Gasteiger partial charge in [-0.3, -0.25) is 4.90 Å². The van der Waals surface area contributed by atoms with E-state index in [4.69, 9.17) is 11.6 Å². The van der Waals surface area contributed by atoms with E-state index in [0.717, 1.165) is 5.56 Å². The number of amides is 2. The molecule has 114 valence electrons. The second-order valence-electron chi connectivity index (χ2n) is 4.87. The Morgan fingerprint density at radius 1 is 1.52 bits per heavy atom. The molecule has 1 aliphatic rings. The number of hydrogen-bond acceptors (Lipinski definition) is 3. The van der Waals surface area contributed by atoms with Crippen molar-refractivity contribution in [1.29, 1.82) is 0 Å². The lowest BCUT2D eigenvalue weighted by molar-refractivity contribution is -0.141. The highest BCUT2D eigenvalue weighted by atomic mass is 35.5. The van der Waals surface area contributed by atoms with E-state index in [1.807, 2.05) is 19.9 Å². The summed E-state index contributed by atoms with van der Waals surface area (Å²) in [6.07, 6.45) is 0.698. The summed E-state index contributed by atoms with van der Waals surface area (Å²) in [4.78, 5) is 25.1. The Bertz CT molecular complexity index is 567. The number of nitrogens with zero attached hydrogens (tertiary/aromatic N) is 1. The van der Waals surface area contributed by atoms with Crippen molar-refractivity contribution >= 4 is 41.1 Å². The number of aliphatic carboxylic acids is 1. The molecule has 0 saturated carbocycles. The third-order valence-corrected chi connectivity index (χ3v) is 5.11. The summed E-state index contributed by atoms with van der Waals surface area (Å²) < 4.78 is 0. The molecule has 0 aliphatic carbocycles. The summed E-state index contributed by atoms with van der Waals surface area (Å²) >= 11 is 7.55. The number of rotatable bonds is 3. The van der Waals surface area contributed by atoms with Gasteiger partial charge in [0.1, 0.15) is 6.04 Å². The number of aryl methyl sites for hydroxylation is 1. The molecule has 1 saturated heterocycles. The first-order valence-corrected chi connectivity index (χ1v) is 8.06. The lowest BCUT2D eigenvalue weighted by Gasteiger charge is -2.27. The van der Waals surface area contributed by atoms with Crippen LogP contribution in [-0.4, -0.2) is 39.2 Å². The van der Waals surface area contributed by atoms with Crippen LogP contribution in [0.25, 0.3) is 0 Å². The van der Waals surface area contributed by atoms with Crippen LogP contribution >= 0.6 is 23.4 Å². The summed E-state index contributed by atoms with van der Waals surface area (Å²) in [5.74, 6) is -0.577. The number of halogens is 1. The SMILES string of the molecule is CCC1SCC(C(=O)O)N1C(=O)Nc1cc(C)ccc1Cl. The first-order valence-electron chi connectivity index (χ1n) is 6.64. The maximum atomic E-state index is 12.4. The van der Waals surface area contributed by atoms with Crippen LogP contribution in [-0.2, 0) is 4.79 Å². The molecule has 0 bridgehead atoms. The quantitative estimate of drug-likeness (QED) is 0.892. The second kappa shape index (κ2) is 6.58. The summed E-state index contributed by atoms with van der Waals surface area (Å²) in [5.41, 5.74) is 1.46. The number of hydrogen-bond donors (Lipinski definition) is 2. The fourth-order valence-corrected chi connectivity index (χ4v) is 3.77. The fourth-order valence-electron chi connectivity index (χ4n) is 2.26. The molecule has 5 nitrogen and oxygen atoms in total. The molecule has 2 rings (SSSR count). The number of anilines is 1. The molecule has 1 aromatic carbocycles. The number of carbonyl (C=O) groups is 2. The van der Waals surface area contributed by atoms with Gasteiger partial charge >= 0.3 is 12.0 Å². The molecule has 1 aromatic rings.